The van der Waals surface area contributed by atoms with Crippen LogP contribution in [0.4, 0.5) is 5.82 Å². The molecule has 33 heavy (non-hydrogen) atoms. The third kappa shape index (κ3) is 3.48. The molecule has 7 heteroatoms. The second-order valence-corrected chi connectivity index (χ2v) is 8.32. The molecule has 0 saturated heterocycles. The third-order valence-electron chi connectivity index (χ3n) is 5.76. The van der Waals surface area contributed by atoms with Crippen LogP contribution < -0.4 is 11.3 Å². The van der Waals surface area contributed by atoms with E-state index in [2.05, 4.69) is 14.8 Å². The van der Waals surface area contributed by atoms with Crippen LogP contribution in [0, 0.1) is 6.57 Å². The molecule has 5 rings (SSSR count). The van der Waals surface area contributed by atoms with Crippen molar-refractivity contribution in [3.8, 4) is 16.9 Å². The highest BCUT2D eigenvalue weighted by Gasteiger charge is 2.25. The summed E-state index contributed by atoms with van der Waals surface area (Å²) in [6.07, 6.45) is 3.42. The van der Waals surface area contributed by atoms with Gasteiger partial charge >= 0.3 is 0 Å². The molecule has 2 N–H and O–H groups in total. The minimum absolute atomic E-state index is 0.173. The fourth-order valence-electron chi connectivity index (χ4n) is 3.83. The summed E-state index contributed by atoms with van der Waals surface area (Å²) in [5, 5.41) is 0.799. The highest BCUT2D eigenvalue weighted by molar-refractivity contribution is 6.02. The van der Waals surface area contributed by atoms with Crippen molar-refractivity contribution in [2.75, 3.05) is 5.73 Å². The van der Waals surface area contributed by atoms with Crippen molar-refractivity contribution in [1.82, 2.24) is 19.5 Å². The van der Waals surface area contributed by atoms with Crippen molar-refractivity contribution in [2.24, 2.45) is 0 Å². The lowest BCUT2D eigenvalue weighted by molar-refractivity contribution is 0.664. The van der Waals surface area contributed by atoms with Crippen LogP contribution in [0.5, 0.6) is 0 Å². The molecule has 160 valence electrons. The van der Waals surface area contributed by atoms with E-state index in [9.17, 15) is 4.79 Å². The molecule has 0 radical (unpaired) electrons. The molecule has 0 fully saturated rings. The summed E-state index contributed by atoms with van der Waals surface area (Å²) in [6, 6.07) is 18.1. The number of benzene rings is 1. The number of anilines is 1. The van der Waals surface area contributed by atoms with Gasteiger partial charge in [0.05, 0.1) is 16.7 Å². The van der Waals surface area contributed by atoms with Gasteiger partial charge in [0.1, 0.15) is 11.3 Å². The average molecular weight is 432 g/mol. The molecule has 0 bridgehead atoms. The normalized spacial score (nSPS) is 11.5. The van der Waals surface area contributed by atoms with Crippen molar-refractivity contribution in [3.05, 3.63) is 100 Å². The molecule has 7 nitrogen and oxygen atoms in total. The number of nitrogens with zero attached hydrogens (tertiary/aromatic N) is 5. The molecule has 0 aliphatic carbocycles. The van der Waals surface area contributed by atoms with Gasteiger partial charge in [-0.25, -0.2) is 16.5 Å². The fourth-order valence-corrected chi connectivity index (χ4v) is 3.83. The Hall–Kier alpha value is -4.57. The van der Waals surface area contributed by atoms with Crippen molar-refractivity contribution in [1.29, 1.82) is 0 Å². The number of fused-ring (bicyclic) bond motifs is 3. The summed E-state index contributed by atoms with van der Waals surface area (Å²) in [5.41, 5.74) is 10.00. The van der Waals surface area contributed by atoms with Gasteiger partial charge in [0.2, 0.25) is 0 Å². The Morgan fingerprint density at radius 3 is 2.42 bits per heavy atom. The van der Waals surface area contributed by atoms with Crippen LogP contribution in [-0.2, 0) is 5.54 Å². The predicted molar refractivity (Wildman–Crippen MR) is 130 cm³/mol. The topological polar surface area (TPSA) is 91.0 Å². The smallest absolute Gasteiger partial charge is 0.255 e. The summed E-state index contributed by atoms with van der Waals surface area (Å²) in [7, 11) is 0. The number of pyridine rings is 4. The van der Waals surface area contributed by atoms with Crippen molar-refractivity contribution >= 4 is 27.8 Å². The molecule has 0 aliphatic heterocycles. The van der Waals surface area contributed by atoms with E-state index in [0.29, 0.717) is 33.7 Å². The van der Waals surface area contributed by atoms with E-state index in [-0.39, 0.29) is 5.56 Å². The van der Waals surface area contributed by atoms with Crippen LogP contribution >= 0.6 is 0 Å². The van der Waals surface area contributed by atoms with Gasteiger partial charge in [-0.3, -0.25) is 14.3 Å². The summed E-state index contributed by atoms with van der Waals surface area (Å²) in [5.74, 6) is 0.435. The molecule has 0 aliphatic rings. The molecule has 5 aromatic rings. The zero-order valence-electron chi connectivity index (χ0n) is 18.1. The highest BCUT2D eigenvalue weighted by atomic mass is 16.1. The van der Waals surface area contributed by atoms with Gasteiger partial charge in [0.15, 0.2) is 0 Å². The zero-order valence-corrected chi connectivity index (χ0v) is 18.1. The van der Waals surface area contributed by atoms with E-state index in [4.69, 9.17) is 17.3 Å². The van der Waals surface area contributed by atoms with Gasteiger partial charge in [0, 0.05) is 54.5 Å². The largest absolute Gasteiger partial charge is 0.384 e. The number of nitrogens with two attached hydrogens (primary N) is 1. The van der Waals surface area contributed by atoms with Crippen molar-refractivity contribution in [2.45, 2.75) is 19.4 Å². The Bertz CT molecular complexity index is 1610. The van der Waals surface area contributed by atoms with Crippen LogP contribution in [0.3, 0.4) is 0 Å². The SMILES string of the molecule is [C-]#[N+]C(C)(C)c1ccc(-n2c(=O)ccc3cnc4ccc(-c5ccc(N)nc5)nc4c32)cc1. The Morgan fingerprint density at radius 2 is 1.73 bits per heavy atom. The maximum Gasteiger partial charge on any atom is 0.255 e. The summed E-state index contributed by atoms with van der Waals surface area (Å²) in [6.45, 7) is 11.2. The molecular weight excluding hydrogens is 412 g/mol. The Kier molecular flexibility index (Phi) is 4.64. The number of aromatic nitrogens is 4. The first-order valence-corrected chi connectivity index (χ1v) is 10.4. The van der Waals surface area contributed by atoms with E-state index in [1.165, 1.54) is 6.07 Å². The Labute approximate surface area is 190 Å². The van der Waals surface area contributed by atoms with Gasteiger partial charge in [-0.15, -0.1) is 0 Å². The van der Waals surface area contributed by atoms with E-state index < -0.39 is 5.54 Å². The minimum Gasteiger partial charge on any atom is -0.384 e. The third-order valence-corrected chi connectivity index (χ3v) is 5.76. The maximum absolute atomic E-state index is 13.1. The molecule has 0 amide bonds. The van der Waals surface area contributed by atoms with Crippen LogP contribution in [0.2, 0.25) is 0 Å². The van der Waals surface area contributed by atoms with E-state index in [1.807, 2.05) is 56.3 Å². The summed E-state index contributed by atoms with van der Waals surface area (Å²) >= 11 is 0. The molecule has 4 heterocycles. The van der Waals surface area contributed by atoms with Crippen LogP contribution in [0.15, 0.2) is 77.9 Å². The van der Waals surface area contributed by atoms with E-state index in [1.54, 1.807) is 29.1 Å². The maximum atomic E-state index is 13.1. The first kappa shape index (κ1) is 20.3. The number of nitrogen functional groups attached to an aromatic ring is 1. The van der Waals surface area contributed by atoms with Gasteiger partial charge in [-0.1, -0.05) is 0 Å². The second-order valence-electron chi connectivity index (χ2n) is 8.32. The predicted octanol–water partition coefficient (Wildman–Crippen LogP) is 4.73. The average Bonchev–Trinajstić information content (AvgIpc) is 2.84. The molecule has 1 aromatic carbocycles. The lowest BCUT2D eigenvalue weighted by Gasteiger charge is -2.15. The first-order valence-electron chi connectivity index (χ1n) is 10.4. The van der Waals surface area contributed by atoms with Crippen LogP contribution in [0.25, 0.3) is 43.7 Å². The van der Waals surface area contributed by atoms with Gasteiger partial charge in [-0.05, 0) is 54.6 Å². The lowest BCUT2D eigenvalue weighted by Crippen LogP contribution is -2.18. The molecule has 0 atom stereocenters. The molecule has 0 saturated carbocycles. The highest BCUT2D eigenvalue weighted by Crippen LogP contribution is 2.29. The van der Waals surface area contributed by atoms with Gasteiger partial charge in [-0.2, -0.15) is 0 Å². The standard InChI is InChI=1S/C26H20N6O/c1-26(2,28-3)18-6-8-19(9-7-18)32-23(33)13-5-17-15-29-21-11-10-20(31-24(21)25(17)32)16-4-12-22(27)30-14-16/h4-15H,1-2H3,(H2,27,30). The van der Waals surface area contributed by atoms with Gasteiger partial charge < -0.3 is 10.6 Å². The van der Waals surface area contributed by atoms with E-state index >= 15 is 0 Å². The van der Waals surface area contributed by atoms with E-state index in [0.717, 1.165) is 16.5 Å². The lowest BCUT2D eigenvalue weighted by atomic mass is 9.95. The Balaban J connectivity index is 1.77. The van der Waals surface area contributed by atoms with Gasteiger partial charge in [0.25, 0.3) is 11.1 Å². The quantitative estimate of drug-likeness (QED) is 0.329. The van der Waals surface area contributed by atoms with Crippen LogP contribution in [-0.4, -0.2) is 19.5 Å². The minimum atomic E-state index is -0.636. The molecular formula is C26H20N6O. The fraction of sp³-hybridized carbons (Fsp3) is 0.115. The van der Waals surface area contributed by atoms with Crippen molar-refractivity contribution < 1.29 is 0 Å². The summed E-state index contributed by atoms with van der Waals surface area (Å²) in [4.78, 5) is 30.3. The molecule has 0 unspecified atom stereocenters. The second kappa shape index (κ2) is 7.53. The molecule has 4 aromatic heterocycles. The Morgan fingerprint density at radius 1 is 0.939 bits per heavy atom. The first-order chi connectivity index (χ1) is 15.9. The zero-order chi connectivity index (χ0) is 23.2. The number of hydrogen-bond donors (Lipinski definition) is 1. The molecule has 0 spiro atoms. The number of hydrogen-bond acceptors (Lipinski definition) is 5. The summed E-state index contributed by atoms with van der Waals surface area (Å²) < 4.78 is 1.64. The van der Waals surface area contributed by atoms with Crippen LogP contribution in [0.1, 0.15) is 19.4 Å². The monoisotopic (exact) mass is 432 g/mol. The number of rotatable bonds is 3. The van der Waals surface area contributed by atoms with Crippen molar-refractivity contribution in [3.63, 3.8) is 0 Å².